The van der Waals surface area contributed by atoms with Gasteiger partial charge in [0.1, 0.15) is 18.1 Å². The average molecular weight is 493 g/mol. The monoisotopic (exact) mass is 492 g/mol. The van der Waals surface area contributed by atoms with Gasteiger partial charge in [-0.2, -0.15) is 0 Å². The van der Waals surface area contributed by atoms with Crippen LogP contribution in [-0.2, 0) is 30.4 Å². The lowest BCUT2D eigenvalue weighted by molar-refractivity contribution is -0.142. The smallest absolute Gasteiger partial charge is 0.326 e. The topological polar surface area (TPSA) is 220 Å². The van der Waals surface area contributed by atoms with Crippen molar-refractivity contribution < 1.29 is 29.1 Å². The van der Waals surface area contributed by atoms with Crippen LogP contribution >= 0.6 is 0 Å². The van der Waals surface area contributed by atoms with Crippen LogP contribution in [0.1, 0.15) is 44.6 Å². The molecule has 0 radical (unpaired) electrons. The Hall–Kier alpha value is -3.51. The van der Waals surface area contributed by atoms with Crippen LogP contribution in [0.15, 0.2) is 30.3 Å². The van der Waals surface area contributed by atoms with E-state index in [9.17, 15) is 29.1 Å². The molecule has 35 heavy (non-hydrogen) atoms. The SMILES string of the molecule is C[C@H](NC(=O)[C@@H](N)CCC(N)=O)C(=O)N[C@@H](Cc1ccccc1)C(=O)N[C@@H](CCCCN)C(=O)O. The Bertz CT molecular complexity index is 865. The molecule has 12 nitrogen and oxygen atoms in total. The molecule has 0 unspecified atom stereocenters. The molecule has 0 aliphatic rings. The number of benzene rings is 1. The van der Waals surface area contributed by atoms with Crippen molar-refractivity contribution in [3.8, 4) is 0 Å². The molecule has 4 atom stereocenters. The fourth-order valence-corrected chi connectivity index (χ4v) is 3.19. The summed E-state index contributed by atoms with van der Waals surface area (Å²) in [6, 6.07) is 4.57. The number of amides is 4. The number of hydrogen-bond donors (Lipinski definition) is 7. The van der Waals surface area contributed by atoms with E-state index in [0.717, 1.165) is 5.56 Å². The summed E-state index contributed by atoms with van der Waals surface area (Å²) < 4.78 is 0. The molecule has 0 saturated heterocycles. The first-order valence-corrected chi connectivity index (χ1v) is 11.5. The van der Waals surface area contributed by atoms with Crippen LogP contribution in [-0.4, -0.2) is 65.4 Å². The maximum atomic E-state index is 13.0. The first-order valence-electron chi connectivity index (χ1n) is 11.5. The number of carboxylic acid groups (broad SMARTS) is 1. The van der Waals surface area contributed by atoms with E-state index in [1.165, 1.54) is 6.92 Å². The highest BCUT2D eigenvalue weighted by molar-refractivity contribution is 5.94. The van der Waals surface area contributed by atoms with Crippen LogP contribution in [0.4, 0.5) is 0 Å². The van der Waals surface area contributed by atoms with Crippen molar-refractivity contribution >= 4 is 29.6 Å². The van der Waals surface area contributed by atoms with E-state index in [1.54, 1.807) is 30.3 Å². The van der Waals surface area contributed by atoms with Gasteiger partial charge in [0.15, 0.2) is 0 Å². The fourth-order valence-electron chi connectivity index (χ4n) is 3.19. The molecule has 4 amide bonds. The van der Waals surface area contributed by atoms with Crippen LogP contribution < -0.4 is 33.2 Å². The second-order valence-corrected chi connectivity index (χ2v) is 8.28. The van der Waals surface area contributed by atoms with Crippen LogP contribution in [0.2, 0.25) is 0 Å². The first kappa shape index (κ1) is 29.5. The van der Waals surface area contributed by atoms with Crippen molar-refractivity contribution in [1.82, 2.24) is 16.0 Å². The molecule has 0 aliphatic heterocycles. The third-order valence-electron chi connectivity index (χ3n) is 5.27. The van der Waals surface area contributed by atoms with E-state index >= 15 is 0 Å². The molecule has 0 bridgehead atoms. The number of nitrogens with two attached hydrogens (primary N) is 3. The van der Waals surface area contributed by atoms with Gasteiger partial charge in [-0.15, -0.1) is 0 Å². The number of primary amides is 1. The standard InChI is InChI=1S/C23H36N6O6/c1-14(27-21(32)16(25)10-11-19(26)30)20(31)29-18(13-15-7-3-2-4-8-15)22(33)28-17(23(34)35)9-5-6-12-24/h2-4,7-8,14,16-18H,5-6,9-13,24-25H2,1H3,(H2,26,30)(H,27,32)(H,28,33)(H,29,31)(H,34,35)/t14-,16-,17-,18-/m0/s1. The zero-order valence-electron chi connectivity index (χ0n) is 19.9. The van der Waals surface area contributed by atoms with E-state index in [0.29, 0.717) is 19.4 Å². The molecule has 0 aromatic heterocycles. The zero-order chi connectivity index (χ0) is 26.4. The largest absolute Gasteiger partial charge is 0.480 e. The molecular weight excluding hydrogens is 456 g/mol. The van der Waals surface area contributed by atoms with Crippen molar-refractivity contribution in [2.45, 2.75) is 69.6 Å². The predicted octanol–water partition coefficient (Wildman–Crippen LogP) is -1.49. The van der Waals surface area contributed by atoms with Gasteiger partial charge in [-0.25, -0.2) is 4.79 Å². The number of rotatable bonds is 16. The number of carbonyl (C=O) groups excluding carboxylic acids is 4. The fraction of sp³-hybridized carbons (Fsp3) is 0.522. The highest BCUT2D eigenvalue weighted by atomic mass is 16.4. The molecule has 0 spiro atoms. The Labute approximate surface area is 204 Å². The molecule has 0 aliphatic carbocycles. The molecule has 194 valence electrons. The Morgan fingerprint density at radius 3 is 2.09 bits per heavy atom. The van der Waals surface area contributed by atoms with Gasteiger partial charge in [-0.3, -0.25) is 19.2 Å². The molecule has 12 heteroatoms. The van der Waals surface area contributed by atoms with Crippen LogP contribution in [0.3, 0.4) is 0 Å². The molecule has 10 N–H and O–H groups in total. The highest BCUT2D eigenvalue weighted by Gasteiger charge is 2.29. The maximum absolute atomic E-state index is 13.0. The Morgan fingerprint density at radius 1 is 0.886 bits per heavy atom. The summed E-state index contributed by atoms with van der Waals surface area (Å²) in [5, 5.41) is 17.0. The van der Waals surface area contributed by atoms with Gasteiger partial charge in [-0.1, -0.05) is 30.3 Å². The summed E-state index contributed by atoms with van der Waals surface area (Å²) in [5.74, 6) is -3.77. The Kier molecular flexibility index (Phi) is 13.0. The van der Waals surface area contributed by atoms with E-state index in [1.807, 2.05) is 0 Å². The molecule has 1 rings (SSSR count). The van der Waals surface area contributed by atoms with Crippen molar-refractivity contribution in [2.24, 2.45) is 17.2 Å². The Balaban J connectivity index is 2.88. The zero-order valence-corrected chi connectivity index (χ0v) is 19.9. The van der Waals surface area contributed by atoms with Crippen LogP contribution in [0.5, 0.6) is 0 Å². The van der Waals surface area contributed by atoms with Gasteiger partial charge in [0, 0.05) is 12.8 Å². The van der Waals surface area contributed by atoms with Crippen molar-refractivity contribution in [2.75, 3.05) is 6.54 Å². The summed E-state index contributed by atoms with van der Waals surface area (Å²) in [5.41, 5.74) is 17.0. The maximum Gasteiger partial charge on any atom is 0.326 e. The van der Waals surface area contributed by atoms with Crippen LogP contribution in [0, 0.1) is 0 Å². The van der Waals surface area contributed by atoms with Gasteiger partial charge in [-0.05, 0) is 44.7 Å². The summed E-state index contributed by atoms with van der Waals surface area (Å²) in [7, 11) is 0. The van der Waals surface area contributed by atoms with Gasteiger partial charge in [0.25, 0.3) is 0 Å². The normalized spacial score (nSPS) is 14.1. The number of carbonyl (C=O) groups is 5. The first-order chi connectivity index (χ1) is 16.5. The summed E-state index contributed by atoms with van der Waals surface area (Å²) in [6.45, 7) is 1.82. The van der Waals surface area contributed by atoms with Crippen molar-refractivity contribution in [3.63, 3.8) is 0 Å². The van der Waals surface area contributed by atoms with E-state index in [-0.39, 0.29) is 25.7 Å². The summed E-state index contributed by atoms with van der Waals surface area (Å²) in [4.78, 5) is 60.4. The van der Waals surface area contributed by atoms with Gasteiger partial charge < -0.3 is 38.3 Å². The second-order valence-electron chi connectivity index (χ2n) is 8.28. The van der Waals surface area contributed by atoms with E-state index < -0.39 is 53.8 Å². The number of carboxylic acids is 1. The minimum atomic E-state index is -1.19. The lowest BCUT2D eigenvalue weighted by atomic mass is 10.0. The number of unbranched alkanes of at least 4 members (excludes halogenated alkanes) is 1. The predicted molar refractivity (Wildman–Crippen MR) is 129 cm³/mol. The summed E-state index contributed by atoms with van der Waals surface area (Å²) >= 11 is 0. The average Bonchev–Trinajstić information content (AvgIpc) is 2.81. The van der Waals surface area contributed by atoms with E-state index in [2.05, 4.69) is 16.0 Å². The van der Waals surface area contributed by atoms with Gasteiger partial charge in [0.2, 0.25) is 23.6 Å². The molecule has 1 aromatic carbocycles. The molecule has 0 saturated carbocycles. The van der Waals surface area contributed by atoms with Crippen molar-refractivity contribution in [3.05, 3.63) is 35.9 Å². The number of aliphatic carboxylic acids is 1. The van der Waals surface area contributed by atoms with Crippen LogP contribution in [0.25, 0.3) is 0 Å². The lowest BCUT2D eigenvalue weighted by Gasteiger charge is -2.24. The van der Waals surface area contributed by atoms with Gasteiger partial charge in [0.05, 0.1) is 6.04 Å². The number of nitrogens with one attached hydrogen (secondary N) is 3. The van der Waals surface area contributed by atoms with E-state index in [4.69, 9.17) is 17.2 Å². The minimum Gasteiger partial charge on any atom is -0.480 e. The van der Waals surface area contributed by atoms with Crippen molar-refractivity contribution in [1.29, 1.82) is 0 Å². The Morgan fingerprint density at radius 2 is 1.51 bits per heavy atom. The molecule has 0 heterocycles. The lowest BCUT2D eigenvalue weighted by Crippen LogP contribution is -2.57. The molecule has 0 fully saturated rings. The second kappa shape index (κ2) is 15.4. The third-order valence-corrected chi connectivity index (χ3v) is 5.27. The third kappa shape index (κ3) is 11.5. The molecular formula is C23H36N6O6. The molecule has 1 aromatic rings. The van der Waals surface area contributed by atoms with Gasteiger partial charge >= 0.3 is 5.97 Å². The minimum absolute atomic E-state index is 0.0231. The number of hydrogen-bond acceptors (Lipinski definition) is 7. The quantitative estimate of drug-likeness (QED) is 0.134. The summed E-state index contributed by atoms with van der Waals surface area (Å²) in [6.07, 6.45) is 1.37. The highest BCUT2D eigenvalue weighted by Crippen LogP contribution is 2.07.